The van der Waals surface area contributed by atoms with E-state index >= 15 is 0 Å². The number of rotatable bonds is 9. The number of aryl methyl sites for hydroxylation is 1. The third-order valence-corrected chi connectivity index (χ3v) is 4.48. The summed E-state index contributed by atoms with van der Waals surface area (Å²) in [6, 6.07) is 15.7. The number of nitrogens with zero attached hydrogens (tertiary/aromatic N) is 3. The molecule has 7 nitrogen and oxygen atoms in total. The van der Waals surface area contributed by atoms with Crippen LogP contribution in [0.15, 0.2) is 58.0 Å². The zero-order valence-corrected chi connectivity index (χ0v) is 18.8. The Morgan fingerprint density at radius 1 is 1.16 bits per heavy atom. The van der Waals surface area contributed by atoms with Crippen LogP contribution in [-0.2, 0) is 12.8 Å². The highest BCUT2D eigenvalue weighted by Crippen LogP contribution is 2.17. The molecule has 0 saturated heterocycles. The number of anilines is 1. The Morgan fingerprint density at radius 3 is 2.65 bits per heavy atom. The van der Waals surface area contributed by atoms with E-state index in [0.29, 0.717) is 37.2 Å². The summed E-state index contributed by atoms with van der Waals surface area (Å²) in [7, 11) is 0. The van der Waals surface area contributed by atoms with Gasteiger partial charge < -0.3 is 19.9 Å². The zero-order chi connectivity index (χ0) is 22.1. The van der Waals surface area contributed by atoms with Crippen LogP contribution in [0.2, 0.25) is 5.02 Å². The molecule has 0 radical (unpaired) electrons. The van der Waals surface area contributed by atoms with E-state index in [2.05, 4.69) is 31.8 Å². The normalized spacial score (nSPS) is 11.6. The van der Waals surface area contributed by atoms with Gasteiger partial charge in [0.15, 0.2) is 11.8 Å². The van der Waals surface area contributed by atoms with E-state index in [1.807, 2.05) is 56.3 Å². The van der Waals surface area contributed by atoms with Crippen LogP contribution in [0.1, 0.15) is 31.1 Å². The molecular weight excluding hydrogens is 414 g/mol. The number of nitrogens with one attached hydrogen (secondary N) is 2. The van der Waals surface area contributed by atoms with Crippen molar-refractivity contribution in [2.75, 3.05) is 18.4 Å². The molecule has 0 amide bonds. The zero-order valence-electron chi connectivity index (χ0n) is 18.1. The van der Waals surface area contributed by atoms with Gasteiger partial charge in [-0.25, -0.2) is 0 Å². The summed E-state index contributed by atoms with van der Waals surface area (Å²) in [5.41, 5.74) is 2.08. The first-order chi connectivity index (χ1) is 15.0. The first-order valence-electron chi connectivity index (χ1n) is 10.3. The number of aliphatic imine (C=N–C) groups is 1. The Labute approximate surface area is 187 Å². The number of hydrogen-bond acceptors (Lipinski definition) is 5. The molecule has 3 rings (SSSR count). The predicted molar refractivity (Wildman–Crippen MR) is 124 cm³/mol. The van der Waals surface area contributed by atoms with Crippen molar-refractivity contribution in [1.82, 2.24) is 15.5 Å². The van der Waals surface area contributed by atoms with E-state index in [1.54, 1.807) is 6.92 Å². The molecule has 0 saturated carbocycles. The van der Waals surface area contributed by atoms with Crippen molar-refractivity contribution in [3.8, 4) is 5.75 Å². The van der Waals surface area contributed by atoms with Gasteiger partial charge in [0.05, 0.1) is 12.6 Å². The average Bonchev–Trinajstić information content (AvgIpc) is 3.14. The summed E-state index contributed by atoms with van der Waals surface area (Å²) < 4.78 is 10.9. The second kappa shape index (κ2) is 11.4. The lowest BCUT2D eigenvalue weighted by molar-refractivity contribution is 0.242. The fourth-order valence-corrected chi connectivity index (χ4v) is 3.10. The predicted octanol–water partition coefficient (Wildman–Crippen LogP) is 4.66. The molecule has 0 aliphatic heterocycles. The van der Waals surface area contributed by atoms with E-state index in [0.717, 1.165) is 28.4 Å². The lowest BCUT2D eigenvalue weighted by Gasteiger charge is -2.14. The summed E-state index contributed by atoms with van der Waals surface area (Å²) in [5.74, 6) is 2.71. The third-order valence-electron chi connectivity index (χ3n) is 4.25. The molecule has 0 unspecified atom stereocenters. The molecule has 0 fully saturated rings. The van der Waals surface area contributed by atoms with Crippen molar-refractivity contribution in [2.45, 2.75) is 39.7 Å². The topological polar surface area (TPSA) is 84.6 Å². The SMILES string of the molecule is Cc1noc(CCN=C(NCCc2cccc(Cl)c2)Nc2ccc(OC(C)C)cc2)n1. The van der Waals surface area contributed by atoms with Crippen molar-refractivity contribution < 1.29 is 9.26 Å². The third kappa shape index (κ3) is 7.94. The molecule has 1 aromatic heterocycles. The molecule has 31 heavy (non-hydrogen) atoms. The Balaban J connectivity index is 1.61. The van der Waals surface area contributed by atoms with E-state index in [1.165, 1.54) is 0 Å². The Hall–Kier alpha value is -3.06. The largest absolute Gasteiger partial charge is 0.491 e. The fraction of sp³-hybridized carbons (Fsp3) is 0.348. The molecule has 0 aliphatic carbocycles. The second-order valence-corrected chi connectivity index (χ2v) is 7.77. The highest BCUT2D eigenvalue weighted by atomic mass is 35.5. The molecule has 1 heterocycles. The van der Waals surface area contributed by atoms with Crippen LogP contribution in [0.5, 0.6) is 5.75 Å². The number of halogens is 1. The molecule has 2 aromatic carbocycles. The van der Waals surface area contributed by atoms with Crippen molar-refractivity contribution >= 4 is 23.2 Å². The van der Waals surface area contributed by atoms with Gasteiger partial charge in [-0.1, -0.05) is 28.9 Å². The molecular formula is C23H28ClN5O2. The van der Waals surface area contributed by atoms with E-state index in [9.17, 15) is 0 Å². The van der Waals surface area contributed by atoms with Crippen LogP contribution < -0.4 is 15.4 Å². The lowest BCUT2D eigenvalue weighted by atomic mass is 10.1. The summed E-state index contributed by atoms with van der Waals surface area (Å²) in [4.78, 5) is 8.87. The monoisotopic (exact) mass is 441 g/mol. The number of benzene rings is 2. The van der Waals surface area contributed by atoms with Gasteiger partial charge in [0.25, 0.3) is 0 Å². The smallest absolute Gasteiger partial charge is 0.228 e. The van der Waals surface area contributed by atoms with E-state index in [-0.39, 0.29) is 6.10 Å². The minimum absolute atomic E-state index is 0.137. The Bertz CT molecular complexity index is 986. The number of aromatic nitrogens is 2. The average molecular weight is 442 g/mol. The Morgan fingerprint density at radius 2 is 1.97 bits per heavy atom. The summed E-state index contributed by atoms with van der Waals surface area (Å²) in [5, 5.41) is 11.3. The Kier molecular flexibility index (Phi) is 8.29. The second-order valence-electron chi connectivity index (χ2n) is 7.34. The van der Waals surface area contributed by atoms with Gasteiger partial charge in [-0.05, 0) is 69.2 Å². The van der Waals surface area contributed by atoms with Crippen LogP contribution in [0, 0.1) is 6.92 Å². The van der Waals surface area contributed by atoms with Crippen molar-refractivity contribution in [2.24, 2.45) is 4.99 Å². The minimum atomic E-state index is 0.137. The molecule has 3 aromatic rings. The van der Waals surface area contributed by atoms with Gasteiger partial charge in [-0.3, -0.25) is 4.99 Å². The first-order valence-corrected chi connectivity index (χ1v) is 10.7. The first kappa shape index (κ1) is 22.6. The molecule has 0 bridgehead atoms. The fourth-order valence-electron chi connectivity index (χ4n) is 2.89. The van der Waals surface area contributed by atoms with Gasteiger partial charge in [0.1, 0.15) is 5.75 Å². The van der Waals surface area contributed by atoms with Crippen LogP contribution in [-0.4, -0.2) is 35.3 Å². The molecule has 8 heteroatoms. The highest BCUT2D eigenvalue weighted by Gasteiger charge is 2.05. The molecule has 0 spiro atoms. The van der Waals surface area contributed by atoms with Crippen LogP contribution in [0.4, 0.5) is 5.69 Å². The van der Waals surface area contributed by atoms with Gasteiger partial charge in [0, 0.05) is 23.7 Å². The van der Waals surface area contributed by atoms with E-state index < -0.39 is 0 Å². The van der Waals surface area contributed by atoms with Gasteiger partial charge in [-0.15, -0.1) is 0 Å². The molecule has 0 aliphatic rings. The molecule has 164 valence electrons. The van der Waals surface area contributed by atoms with Gasteiger partial charge in [-0.2, -0.15) is 4.98 Å². The van der Waals surface area contributed by atoms with E-state index in [4.69, 9.17) is 20.9 Å². The summed E-state index contributed by atoms with van der Waals surface area (Å²) >= 11 is 6.08. The molecule has 0 atom stereocenters. The van der Waals surface area contributed by atoms with Crippen molar-refractivity contribution in [3.63, 3.8) is 0 Å². The maximum Gasteiger partial charge on any atom is 0.228 e. The van der Waals surface area contributed by atoms with Gasteiger partial charge >= 0.3 is 0 Å². The minimum Gasteiger partial charge on any atom is -0.491 e. The van der Waals surface area contributed by atoms with Crippen molar-refractivity contribution in [3.05, 3.63) is 70.8 Å². The van der Waals surface area contributed by atoms with Crippen LogP contribution in [0.3, 0.4) is 0 Å². The maximum atomic E-state index is 6.08. The number of ether oxygens (including phenoxy) is 1. The standard InChI is InChI=1S/C23H28ClN5O2/c1-16(2)30-21-9-7-20(8-10-21)28-23(26-14-12-22-27-17(3)29-31-22)25-13-11-18-5-4-6-19(24)15-18/h4-10,15-16H,11-14H2,1-3H3,(H2,25,26,28). The maximum absolute atomic E-state index is 6.08. The molecule has 2 N–H and O–H groups in total. The van der Waals surface area contributed by atoms with Crippen LogP contribution in [0.25, 0.3) is 0 Å². The lowest BCUT2D eigenvalue weighted by Crippen LogP contribution is -2.32. The number of guanidine groups is 1. The highest BCUT2D eigenvalue weighted by molar-refractivity contribution is 6.30. The quantitative estimate of drug-likeness (QED) is 0.371. The summed E-state index contributed by atoms with van der Waals surface area (Å²) in [6.07, 6.45) is 1.53. The van der Waals surface area contributed by atoms with Gasteiger partial charge in [0.2, 0.25) is 5.89 Å². The summed E-state index contributed by atoms with van der Waals surface area (Å²) in [6.45, 7) is 7.04. The van der Waals surface area contributed by atoms with Crippen molar-refractivity contribution in [1.29, 1.82) is 0 Å². The van der Waals surface area contributed by atoms with Crippen LogP contribution >= 0.6 is 11.6 Å². The number of hydrogen-bond donors (Lipinski definition) is 2.